The number of hydrogen-bond acceptors (Lipinski definition) is 8. The van der Waals surface area contributed by atoms with Gasteiger partial charge in [-0.05, 0) is 90.1 Å². The predicted octanol–water partition coefficient (Wildman–Crippen LogP) is 6.66. The Kier molecular flexibility index (Phi) is 9.78. The number of amides is 2. The number of anilines is 2. The second kappa shape index (κ2) is 14.1. The minimum Gasteiger partial charge on any atom is -0.483 e. The van der Waals surface area contributed by atoms with E-state index in [1.807, 2.05) is 43.3 Å². The van der Waals surface area contributed by atoms with Gasteiger partial charge in [-0.25, -0.2) is 4.39 Å². The lowest BCUT2D eigenvalue weighted by Crippen LogP contribution is -2.28. The number of hydrogen-bond donors (Lipinski definition) is 1. The Labute approximate surface area is 262 Å². The molecule has 1 fully saturated rings. The van der Waals surface area contributed by atoms with Crippen LogP contribution in [0.1, 0.15) is 16.9 Å². The summed E-state index contributed by atoms with van der Waals surface area (Å²) in [7, 11) is 3.93. The number of thioether (sulfide) groups is 1. The van der Waals surface area contributed by atoms with E-state index in [4.69, 9.17) is 20.8 Å². The van der Waals surface area contributed by atoms with E-state index in [2.05, 4.69) is 15.5 Å². The van der Waals surface area contributed by atoms with E-state index in [-0.39, 0.29) is 19.1 Å². The van der Waals surface area contributed by atoms with E-state index in [0.29, 0.717) is 37.9 Å². The fourth-order valence-corrected chi connectivity index (χ4v) is 5.17. The number of halogens is 2. The number of nitrogens with one attached hydrogen (secondary N) is 1. The molecule has 1 aliphatic rings. The van der Waals surface area contributed by atoms with Gasteiger partial charge < -0.3 is 19.4 Å². The summed E-state index contributed by atoms with van der Waals surface area (Å²) in [5, 5.41) is 12.0. The van der Waals surface area contributed by atoms with Crippen LogP contribution < -0.4 is 15.0 Å². The highest BCUT2D eigenvalue weighted by atomic mass is 35.5. The molecule has 224 valence electrons. The van der Waals surface area contributed by atoms with Gasteiger partial charge in [-0.1, -0.05) is 23.7 Å². The normalized spacial score (nSPS) is 15.0. The van der Waals surface area contributed by atoms with Gasteiger partial charge in [-0.15, -0.1) is 5.10 Å². The van der Waals surface area contributed by atoms with Gasteiger partial charge in [0.1, 0.15) is 17.3 Å². The molecule has 2 heterocycles. The third-order valence-corrected chi connectivity index (χ3v) is 7.52. The third-order valence-electron chi connectivity index (χ3n) is 6.29. The van der Waals surface area contributed by atoms with Crippen molar-refractivity contribution in [3.05, 3.63) is 118 Å². The zero-order valence-electron chi connectivity index (χ0n) is 23.7. The molecule has 1 aromatic heterocycles. The summed E-state index contributed by atoms with van der Waals surface area (Å²) in [5.74, 6) is -0.239. The number of carbonyl (C=O) groups is 2. The smallest absolute Gasteiger partial charge is 0.267 e. The zero-order valence-corrected chi connectivity index (χ0v) is 25.3. The third kappa shape index (κ3) is 7.94. The van der Waals surface area contributed by atoms with E-state index in [0.717, 1.165) is 23.0 Å². The molecule has 1 saturated heterocycles. The molecule has 0 aliphatic carbocycles. The van der Waals surface area contributed by atoms with Crippen molar-refractivity contribution >= 4 is 64.0 Å². The second-order valence-electron chi connectivity index (χ2n) is 9.72. The SMILES string of the molecule is CN(C)c1ccc(/C=N/N=C2\S/C(=C\c3cc(Cl)ccc3OCC(=O)Nc3ccc(F)cc3)C(=O)N2Cc2ccco2)cc1. The van der Waals surface area contributed by atoms with E-state index in [1.165, 1.54) is 35.4 Å². The molecular weight excluding hydrogens is 605 g/mol. The maximum atomic E-state index is 13.6. The Bertz CT molecular complexity index is 1720. The summed E-state index contributed by atoms with van der Waals surface area (Å²) in [5.41, 5.74) is 2.84. The van der Waals surface area contributed by atoms with Gasteiger partial charge in [-0.3, -0.25) is 14.5 Å². The van der Waals surface area contributed by atoms with E-state index in [1.54, 1.807) is 42.6 Å². The monoisotopic (exact) mass is 631 g/mol. The Balaban J connectivity index is 1.35. The van der Waals surface area contributed by atoms with Crippen molar-refractivity contribution in [2.24, 2.45) is 10.2 Å². The van der Waals surface area contributed by atoms with E-state index >= 15 is 0 Å². The summed E-state index contributed by atoms with van der Waals surface area (Å²) in [6.07, 6.45) is 4.78. The lowest BCUT2D eigenvalue weighted by Gasteiger charge is -2.13. The lowest BCUT2D eigenvalue weighted by atomic mass is 10.2. The maximum absolute atomic E-state index is 13.6. The lowest BCUT2D eigenvalue weighted by molar-refractivity contribution is -0.122. The molecule has 12 heteroatoms. The predicted molar refractivity (Wildman–Crippen MR) is 173 cm³/mol. The van der Waals surface area contributed by atoms with Crippen molar-refractivity contribution in [3.8, 4) is 5.75 Å². The number of nitrogens with zero attached hydrogens (tertiary/aromatic N) is 4. The Morgan fingerprint density at radius 1 is 1.11 bits per heavy atom. The first kappa shape index (κ1) is 30.6. The first-order valence-electron chi connectivity index (χ1n) is 13.3. The van der Waals surface area contributed by atoms with Gasteiger partial charge >= 0.3 is 0 Å². The second-order valence-corrected chi connectivity index (χ2v) is 11.2. The van der Waals surface area contributed by atoms with Crippen LogP contribution >= 0.6 is 23.4 Å². The molecule has 9 nitrogen and oxygen atoms in total. The van der Waals surface area contributed by atoms with E-state index in [9.17, 15) is 14.0 Å². The van der Waals surface area contributed by atoms with E-state index < -0.39 is 11.7 Å². The van der Waals surface area contributed by atoms with Crippen LogP contribution in [0.4, 0.5) is 15.8 Å². The van der Waals surface area contributed by atoms with Crippen LogP contribution in [-0.4, -0.2) is 48.8 Å². The standard InChI is InChI=1S/C32H27ClFN5O4S/c1-38(2)26-12-5-21(6-13-26)18-35-37-32-39(19-27-4-3-15-42-27)31(41)29(44-32)17-22-16-23(33)7-14-28(22)43-20-30(40)36-25-10-8-24(34)9-11-25/h3-18H,19-20H2,1-2H3,(H,36,40)/b29-17-,35-18+,37-32-. The molecule has 44 heavy (non-hydrogen) atoms. The minimum atomic E-state index is -0.440. The topological polar surface area (TPSA) is 99.7 Å². The summed E-state index contributed by atoms with van der Waals surface area (Å²) < 4.78 is 24.4. The first-order chi connectivity index (χ1) is 21.2. The van der Waals surface area contributed by atoms with Crippen molar-refractivity contribution in [1.29, 1.82) is 0 Å². The molecule has 5 rings (SSSR count). The maximum Gasteiger partial charge on any atom is 0.267 e. The van der Waals surface area contributed by atoms with Gasteiger partial charge in [0.15, 0.2) is 11.8 Å². The van der Waals surface area contributed by atoms with Crippen molar-refractivity contribution < 1.29 is 23.1 Å². The molecule has 0 radical (unpaired) electrons. The number of furan rings is 1. The molecule has 1 aliphatic heterocycles. The van der Waals surface area contributed by atoms with Crippen LogP contribution in [-0.2, 0) is 16.1 Å². The number of benzene rings is 3. The molecule has 0 bridgehead atoms. The van der Waals surface area contributed by atoms with Crippen LogP contribution in [0, 0.1) is 5.82 Å². The quantitative estimate of drug-likeness (QED) is 0.119. The fourth-order valence-electron chi connectivity index (χ4n) is 4.06. The summed E-state index contributed by atoms with van der Waals surface area (Å²) in [6.45, 7) is -0.164. The van der Waals surface area contributed by atoms with Crippen LogP contribution in [0.25, 0.3) is 6.08 Å². The average molecular weight is 632 g/mol. The van der Waals surface area contributed by atoms with Gasteiger partial charge in [0.2, 0.25) is 0 Å². The highest BCUT2D eigenvalue weighted by Gasteiger charge is 2.34. The molecule has 4 aromatic rings. The van der Waals surface area contributed by atoms with Crippen molar-refractivity contribution in [3.63, 3.8) is 0 Å². The van der Waals surface area contributed by atoms with Crippen molar-refractivity contribution in [2.75, 3.05) is 30.9 Å². The molecular formula is C32H27ClFN5O4S. The summed E-state index contributed by atoms with van der Waals surface area (Å²) >= 11 is 7.42. The zero-order chi connectivity index (χ0) is 31.1. The molecule has 0 unspecified atom stereocenters. The first-order valence-corrected chi connectivity index (χ1v) is 14.5. The van der Waals surface area contributed by atoms with Crippen LogP contribution in [0.2, 0.25) is 5.02 Å². The highest BCUT2D eigenvalue weighted by molar-refractivity contribution is 8.18. The minimum absolute atomic E-state index is 0.157. The molecule has 1 N–H and O–H groups in total. The van der Waals surface area contributed by atoms with Gasteiger partial charge in [0.25, 0.3) is 11.8 Å². The Morgan fingerprint density at radius 3 is 2.59 bits per heavy atom. The van der Waals surface area contributed by atoms with Gasteiger partial charge in [0, 0.05) is 36.1 Å². The van der Waals surface area contributed by atoms with Crippen LogP contribution in [0.5, 0.6) is 5.75 Å². The molecule has 0 spiro atoms. The van der Waals surface area contributed by atoms with Crippen LogP contribution in [0.15, 0.2) is 105 Å². The number of rotatable bonds is 10. The number of carbonyl (C=O) groups excluding carboxylic acids is 2. The molecule has 0 saturated carbocycles. The molecule has 2 amide bonds. The number of amidine groups is 1. The Morgan fingerprint density at radius 2 is 1.89 bits per heavy atom. The molecule has 0 atom stereocenters. The number of ether oxygens (including phenoxy) is 1. The fraction of sp³-hybridized carbons (Fsp3) is 0.125. The van der Waals surface area contributed by atoms with Gasteiger partial charge in [0.05, 0.1) is 23.9 Å². The van der Waals surface area contributed by atoms with Crippen LogP contribution in [0.3, 0.4) is 0 Å². The van der Waals surface area contributed by atoms with Crippen molar-refractivity contribution in [2.45, 2.75) is 6.54 Å². The van der Waals surface area contributed by atoms with Gasteiger partial charge in [-0.2, -0.15) is 5.10 Å². The Hall–Kier alpha value is -4.87. The average Bonchev–Trinajstić information content (AvgIpc) is 3.62. The van der Waals surface area contributed by atoms with Crippen molar-refractivity contribution in [1.82, 2.24) is 4.90 Å². The highest BCUT2D eigenvalue weighted by Crippen LogP contribution is 2.36. The molecule has 3 aromatic carbocycles. The summed E-state index contributed by atoms with van der Waals surface area (Å²) in [4.78, 5) is 29.8. The summed E-state index contributed by atoms with van der Waals surface area (Å²) in [6, 6.07) is 21.6. The largest absolute Gasteiger partial charge is 0.483 e.